The molecule has 0 aliphatic carbocycles. The van der Waals surface area contributed by atoms with Crippen molar-refractivity contribution in [2.45, 2.75) is 50.2 Å². The quantitative estimate of drug-likeness (QED) is 0.573. The zero-order chi connectivity index (χ0) is 19.2. The molecule has 3 aromatic rings. The van der Waals surface area contributed by atoms with Crippen LogP contribution in [0.4, 0.5) is 5.69 Å². The number of thioether (sulfide) groups is 1. The number of carbonyl (C=O) groups is 1. The lowest BCUT2D eigenvalue weighted by Crippen LogP contribution is -2.15. The molecular formula is C19H22N4O2S2. The lowest BCUT2D eigenvalue weighted by molar-refractivity contribution is -0.116. The van der Waals surface area contributed by atoms with Gasteiger partial charge in [0.25, 0.3) is 5.56 Å². The molecule has 0 spiro atoms. The minimum absolute atomic E-state index is 0.0106. The Bertz CT molecular complexity index is 997. The number of hydrogen-bond donors (Lipinski definition) is 1. The monoisotopic (exact) mass is 402 g/mol. The highest BCUT2D eigenvalue weighted by Gasteiger charge is 2.11. The maximum Gasteiger partial charge on any atom is 0.275 e. The van der Waals surface area contributed by atoms with Crippen LogP contribution in [0.25, 0.3) is 4.96 Å². The van der Waals surface area contributed by atoms with Gasteiger partial charge in [0.1, 0.15) is 5.01 Å². The van der Waals surface area contributed by atoms with Crippen molar-refractivity contribution < 1.29 is 4.79 Å². The SMILES string of the molecule is CCCC(=O)Nc1ccccc1SCc1cc(=O)n2nc(CCC)sc2n1. The molecule has 27 heavy (non-hydrogen) atoms. The molecule has 6 nitrogen and oxygen atoms in total. The number of anilines is 1. The van der Waals surface area contributed by atoms with E-state index in [9.17, 15) is 9.59 Å². The molecule has 0 aliphatic heterocycles. The van der Waals surface area contributed by atoms with Crippen LogP contribution in [0.5, 0.6) is 0 Å². The highest BCUT2D eigenvalue weighted by atomic mass is 32.2. The van der Waals surface area contributed by atoms with E-state index in [1.165, 1.54) is 21.9 Å². The van der Waals surface area contributed by atoms with Gasteiger partial charge in [-0.1, -0.05) is 37.3 Å². The molecule has 0 aliphatic rings. The Labute approximate surface area is 166 Å². The maximum atomic E-state index is 12.3. The summed E-state index contributed by atoms with van der Waals surface area (Å²) in [6.07, 6.45) is 3.14. The van der Waals surface area contributed by atoms with Crippen LogP contribution >= 0.6 is 23.1 Å². The molecule has 1 amide bonds. The first-order chi connectivity index (χ1) is 13.1. The summed E-state index contributed by atoms with van der Waals surface area (Å²) in [4.78, 5) is 30.4. The Morgan fingerprint density at radius 2 is 2.07 bits per heavy atom. The molecule has 0 unspecified atom stereocenters. The summed E-state index contributed by atoms with van der Waals surface area (Å²) in [5.41, 5.74) is 1.35. The Balaban J connectivity index is 1.77. The number of hydrogen-bond acceptors (Lipinski definition) is 6. The van der Waals surface area contributed by atoms with Crippen LogP contribution in [0, 0.1) is 0 Å². The second-order valence-electron chi connectivity index (χ2n) is 6.11. The Hall–Kier alpha value is -2.19. The lowest BCUT2D eigenvalue weighted by atomic mass is 10.3. The minimum Gasteiger partial charge on any atom is -0.325 e. The number of rotatable bonds is 8. The van der Waals surface area contributed by atoms with Crippen molar-refractivity contribution >= 4 is 39.7 Å². The number of nitrogens with one attached hydrogen (secondary N) is 1. The van der Waals surface area contributed by atoms with E-state index >= 15 is 0 Å². The van der Waals surface area contributed by atoms with Crippen LogP contribution in [0.1, 0.15) is 43.8 Å². The summed E-state index contributed by atoms with van der Waals surface area (Å²) in [5.74, 6) is 0.560. The smallest absolute Gasteiger partial charge is 0.275 e. The van der Waals surface area contributed by atoms with Gasteiger partial charge in [-0.2, -0.15) is 9.61 Å². The van der Waals surface area contributed by atoms with Gasteiger partial charge in [-0.3, -0.25) is 9.59 Å². The molecule has 0 atom stereocenters. The van der Waals surface area contributed by atoms with E-state index in [2.05, 4.69) is 22.3 Å². The van der Waals surface area contributed by atoms with Gasteiger partial charge < -0.3 is 5.32 Å². The van der Waals surface area contributed by atoms with Crippen LogP contribution < -0.4 is 10.9 Å². The normalized spacial score (nSPS) is 11.0. The molecular weight excluding hydrogens is 380 g/mol. The molecule has 0 saturated heterocycles. The average Bonchev–Trinajstić information content (AvgIpc) is 3.05. The zero-order valence-electron chi connectivity index (χ0n) is 15.4. The van der Waals surface area contributed by atoms with Crippen LogP contribution in [0.2, 0.25) is 0 Å². The van der Waals surface area contributed by atoms with Crippen molar-refractivity contribution in [3.05, 3.63) is 51.4 Å². The molecule has 142 valence electrons. The van der Waals surface area contributed by atoms with E-state index in [4.69, 9.17) is 0 Å². The molecule has 0 radical (unpaired) electrons. The fourth-order valence-corrected chi connectivity index (χ4v) is 4.49. The molecule has 8 heteroatoms. The predicted molar refractivity (Wildman–Crippen MR) is 111 cm³/mol. The highest BCUT2D eigenvalue weighted by molar-refractivity contribution is 7.98. The van der Waals surface area contributed by atoms with Crippen molar-refractivity contribution in [2.75, 3.05) is 5.32 Å². The number of aryl methyl sites for hydroxylation is 1. The van der Waals surface area contributed by atoms with E-state index in [0.717, 1.165) is 34.9 Å². The summed E-state index contributed by atoms with van der Waals surface area (Å²) < 4.78 is 1.38. The topological polar surface area (TPSA) is 76.4 Å². The van der Waals surface area contributed by atoms with Gasteiger partial charge in [0.2, 0.25) is 10.9 Å². The van der Waals surface area contributed by atoms with Gasteiger partial charge in [0.05, 0.1) is 11.4 Å². The van der Waals surface area contributed by atoms with E-state index in [1.54, 1.807) is 11.8 Å². The summed E-state index contributed by atoms with van der Waals surface area (Å²) in [7, 11) is 0. The third-order valence-corrected chi connectivity index (χ3v) is 5.89. The van der Waals surface area contributed by atoms with Gasteiger partial charge in [0.15, 0.2) is 0 Å². The van der Waals surface area contributed by atoms with Gasteiger partial charge in [0, 0.05) is 29.6 Å². The zero-order valence-corrected chi connectivity index (χ0v) is 17.0. The van der Waals surface area contributed by atoms with E-state index in [-0.39, 0.29) is 11.5 Å². The fourth-order valence-electron chi connectivity index (χ4n) is 2.57. The number of benzene rings is 1. The summed E-state index contributed by atoms with van der Waals surface area (Å²) in [6.45, 7) is 4.06. The second kappa shape index (κ2) is 9.14. The van der Waals surface area contributed by atoms with Crippen molar-refractivity contribution in [1.82, 2.24) is 14.6 Å². The number of para-hydroxylation sites is 1. The van der Waals surface area contributed by atoms with Crippen LogP contribution in [0.15, 0.2) is 40.0 Å². The standard InChI is InChI=1S/C19H22N4O2S2/c1-3-7-16(24)21-14-9-5-6-10-15(14)26-12-13-11-18(25)23-19(20-13)27-17(22-23)8-4-2/h5-6,9-11H,3-4,7-8,12H2,1-2H3,(H,21,24). The van der Waals surface area contributed by atoms with Crippen molar-refractivity contribution in [2.24, 2.45) is 0 Å². The number of aromatic nitrogens is 3. The molecule has 2 heterocycles. The lowest BCUT2D eigenvalue weighted by Gasteiger charge is -2.10. The van der Waals surface area contributed by atoms with E-state index in [0.29, 0.717) is 22.8 Å². The number of carbonyl (C=O) groups excluding carboxylic acids is 1. The molecule has 1 N–H and O–H groups in total. The Morgan fingerprint density at radius 1 is 1.26 bits per heavy atom. The molecule has 0 fully saturated rings. The largest absolute Gasteiger partial charge is 0.325 e. The molecule has 1 aromatic carbocycles. The predicted octanol–water partition coefficient (Wildman–Crippen LogP) is 4.13. The molecule has 0 saturated carbocycles. The first kappa shape index (κ1) is 19.6. The highest BCUT2D eigenvalue weighted by Crippen LogP contribution is 2.29. The molecule has 0 bridgehead atoms. The summed E-state index contributed by atoms with van der Waals surface area (Å²) in [6, 6.07) is 9.22. The average molecular weight is 403 g/mol. The molecule has 2 aromatic heterocycles. The third-order valence-electron chi connectivity index (χ3n) is 3.82. The first-order valence-corrected chi connectivity index (χ1v) is 10.8. The van der Waals surface area contributed by atoms with Gasteiger partial charge in [-0.25, -0.2) is 4.98 Å². The third kappa shape index (κ3) is 4.95. The number of nitrogens with zero attached hydrogens (tertiary/aromatic N) is 3. The van der Waals surface area contributed by atoms with E-state index < -0.39 is 0 Å². The van der Waals surface area contributed by atoms with Crippen LogP contribution in [-0.2, 0) is 17.0 Å². The number of fused-ring (bicyclic) bond motifs is 1. The van der Waals surface area contributed by atoms with Crippen molar-refractivity contribution in [1.29, 1.82) is 0 Å². The summed E-state index contributed by atoms with van der Waals surface area (Å²) >= 11 is 3.02. The minimum atomic E-state index is -0.154. The van der Waals surface area contributed by atoms with Gasteiger partial charge >= 0.3 is 0 Å². The van der Waals surface area contributed by atoms with Gasteiger partial charge in [-0.05, 0) is 25.0 Å². The summed E-state index contributed by atoms with van der Waals surface area (Å²) in [5, 5.41) is 8.21. The Kier molecular flexibility index (Phi) is 6.63. The van der Waals surface area contributed by atoms with Crippen molar-refractivity contribution in [3.63, 3.8) is 0 Å². The van der Waals surface area contributed by atoms with Crippen molar-refractivity contribution in [3.8, 4) is 0 Å². The number of amides is 1. The van der Waals surface area contributed by atoms with Gasteiger partial charge in [-0.15, -0.1) is 11.8 Å². The Morgan fingerprint density at radius 3 is 2.85 bits per heavy atom. The van der Waals surface area contributed by atoms with Crippen LogP contribution in [0.3, 0.4) is 0 Å². The second-order valence-corrected chi connectivity index (χ2v) is 8.17. The fraction of sp³-hybridized carbons (Fsp3) is 0.368. The van der Waals surface area contributed by atoms with Crippen LogP contribution in [-0.4, -0.2) is 20.5 Å². The first-order valence-electron chi connectivity index (χ1n) is 9.01. The maximum absolute atomic E-state index is 12.3. The van der Waals surface area contributed by atoms with E-state index in [1.807, 2.05) is 31.2 Å². The molecule has 3 rings (SSSR count).